The van der Waals surface area contributed by atoms with Crippen molar-refractivity contribution in [3.63, 3.8) is 0 Å². The van der Waals surface area contributed by atoms with E-state index in [0.717, 1.165) is 12.2 Å². The summed E-state index contributed by atoms with van der Waals surface area (Å²) in [6.07, 6.45) is 1.78. The molecule has 0 aliphatic carbocycles. The summed E-state index contributed by atoms with van der Waals surface area (Å²) in [5.74, 6) is -2.41. The topological polar surface area (TPSA) is 72.5 Å². The molecule has 0 saturated heterocycles. The first-order valence-electron chi connectivity index (χ1n) is 7.24. The lowest BCUT2D eigenvalue weighted by atomic mass is 10.1. The van der Waals surface area contributed by atoms with Gasteiger partial charge in [0.2, 0.25) is 5.91 Å². The molecule has 134 valence electrons. The van der Waals surface area contributed by atoms with E-state index in [1.165, 1.54) is 6.07 Å². The van der Waals surface area contributed by atoms with Crippen molar-refractivity contribution in [1.29, 1.82) is 0 Å². The molecule has 8 heteroatoms. The van der Waals surface area contributed by atoms with E-state index in [9.17, 15) is 14.4 Å². The van der Waals surface area contributed by atoms with Crippen molar-refractivity contribution >= 4 is 62.7 Å². The number of benzene rings is 2. The van der Waals surface area contributed by atoms with Gasteiger partial charge in [0.25, 0.3) is 0 Å². The zero-order valence-corrected chi connectivity index (χ0v) is 16.5. The van der Waals surface area contributed by atoms with Gasteiger partial charge in [-0.05, 0) is 36.8 Å². The van der Waals surface area contributed by atoms with Crippen molar-refractivity contribution in [1.82, 2.24) is 0 Å². The summed E-state index contributed by atoms with van der Waals surface area (Å²) in [4.78, 5) is 35.6. The summed E-state index contributed by atoms with van der Waals surface area (Å²) < 4.78 is 5.42. The van der Waals surface area contributed by atoms with Crippen LogP contribution >= 0.6 is 39.1 Å². The molecule has 0 fully saturated rings. The number of halogens is 3. The van der Waals surface area contributed by atoms with Crippen LogP contribution in [-0.2, 0) is 14.3 Å². The van der Waals surface area contributed by atoms with Crippen LogP contribution in [0.1, 0.15) is 15.9 Å². The van der Waals surface area contributed by atoms with E-state index in [0.29, 0.717) is 15.7 Å². The molecule has 0 aromatic heterocycles. The van der Waals surface area contributed by atoms with Crippen molar-refractivity contribution in [2.75, 3.05) is 5.32 Å². The Morgan fingerprint density at radius 3 is 2.50 bits per heavy atom. The van der Waals surface area contributed by atoms with Crippen LogP contribution in [0.25, 0.3) is 0 Å². The number of hydrogen-bond donors (Lipinski definition) is 1. The zero-order chi connectivity index (χ0) is 19.3. The Morgan fingerprint density at radius 1 is 1.08 bits per heavy atom. The molecule has 0 heterocycles. The van der Waals surface area contributed by atoms with Gasteiger partial charge in [0.1, 0.15) is 0 Å². The quantitative estimate of drug-likeness (QED) is 0.401. The largest absolute Gasteiger partial charge is 0.386 e. The Balaban J connectivity index is 1.98. The number of carbonyl (C=O) groups is 3. The first-order valence-corrected chi connectivity index (χ1v) is 8.79. The van der Waals surface area contributed by atoms with Gasteiger partial charge in [-0.3, -0.25) is 4.79 Å². The van der Waals surface area contributed by atoms with Crippen molar-refractivity contribution in [2.45, 2.75) is 6.92 Å². The fourth-order valence-electron chi connectivity index (χ4n) is 1.93. The lowest BCUT2D eigenvalue weighted by Gasteiger charge is -2.06. The summed E-state index contributed by atoms with van der Waals surface area (Å²) in [7, 11) is 0. The highest BCUT2D eigenvalue weighted by Crippen LogP contribution is 2.29. The summed E-state index contributed by atoms with van der Waals surface area (Å²) in [6.45, 7) is 1.71. The SMILES string of the molecule is Cc1c(Br)cccc1C(=O)OC(=O)/C=C\C(=O)Nc1cccc(Cl)c1Cl. The Morgan fingerprint density at radius 2 is 1.77 bits per heavy atom. The number of ether oxygens (including phenoxy) is 1. The van der Waals surface area contributed by atoms with Crippen molar-refractivity contribution in [3.05, 3.63) is 74.2 Å². The Bertz CT molecular complexity index is 912. The zero-order valence-electron chi connectivity index (χ0n) is 13.4. The number of nitrogens with one attached hydrogen (secondary N) is 1. The summed E-state index contributed by atoms with van der Waals surface area (Å²) in [5.41, 5.74) is 1.18. The van der Waals surface area contributed by atoms with Crippen LogP contribution in [0, 0.1) is 6.92 Å². The maximum Gasteiger partial charge on any atom is 0.346 e. The fourth-order valence-corrected chi connectivity index (χ4v) is 2.64. The third-order valence-electron chi connectivity index (χ3n) is 3.26. The van der Waals surface area contributed by atoms with Crippen LogP contribution in [0.15, 0.2) is 53.0 Å². The lowest BCUT2D eigenvalue weighted by Crippen LogP contribution is -2.13. The molecule has 0 spiro atoms. The Kier molecular flexibility index (Phi) is 6.97. The smallest absolute Gasteiger partial charge is 0.346 e. The molecule has 2 rings (SSSR count). The molecule has 2 aromatic carbocycles. The van der Waals surface area contributed by atoms with Crippen molar-refractivity contribution in [3.8, 4) is 0 Å². The van der Waals surface area contributed by atoms with E-state index >= 15 is 0 Å². The molecule has 0 saturated carbocycles. The average Bonchev–Trinajstić information content (AvgIpc) is 2.59. The third kappa shape index (κ3) is 5.17. The van der Waals surface area contributed by atoms with E-state index in [2.05, 4.69) is 21.2 Å². The molecule has 1 amide bonds. The van der Waals surface area contributed by atoms with E-state index in [4.69, 9.17) is 27.9 Å². The molecule has 0 bridgehead atoms. The maximum atomic E-state index is 12.0. The van der Waals surface area contributed by atoms with Gasteiger partial charge < -0.3 is 10.1 Å². The van der Waals surface area contributed by atoms with E-state index in [-0.39, 0.29) is 15.6 Å². The first-order chi connectivity index (χ1) is 12.3. The Hall–Kier alpha value is -2.15. The van der Waals surface area contributed by atoms with Gasteiger partial charge in [-0.2, -0.15) is 0 Å². The maximum absolute atomic E-state index is 12.0. The second kappa shape index (κ2) is 8.98. The number of esters is 2. The molecule has 2 aromatic rings. The van der Waals surface area contributed by atoms with Crippen LogP contribution in [-0.4, -0.2) is 17.8 Å². The molecule has 0 aliphatic rings. The van der Waals surface area contributed by atoms with E-state index < -0.39 is 17.8 Å². The summed E-state index contributed by atoms with van der Waals surface area (Å²) in [5, 5.41) is 2.93. The normalized spacial score (nSPS) is 10.6. The molecular formula is C18H12BrCl2NO4. The molecule has 0 atom stereocenters. The summed E-state index contributed by atoms with van der Waals surface area (Å²) >= 11 is 15.1. The van der Waals surface area contributed by atoms with Crippen LogP contribution in [0.5, 0.6) is 0 Å². The highest BCUT2D eigenvalue weighted by atomic mass is 79.9. The number of anilines is 1. The molecule has 1 N–H and O–H groups in total. The predicted octanol–water partition coefficient (Wildman–Crippen LogP) is 4.94. The van der Waals surface area contributed by atoms with Crippen molar-refractivity contribution in [2.24, 2.45) is 0 Å². The minimum absolute atomic E-state index is 0.179. The number of amides is 1. The number of hydrogen-bond acceptors (Lipinski definition) is 4. The number of carbonyl (C=O) groups excluding carboxylic acids is 3. The first kappa shape index (κ1) is 20.2. The van der Waals surface area contributed by atoms with Gasteiger partial charge >= 0.3 is 11.9 Å². The second-order valence-corrected chi connectivity index (χ2v) is 6.68. The highest BCUT2D eigenvalue weighted by Gasteiger charge is 2.15. The number of rotatable bonds is 4. The molecule has 5 nitrogen and oxygen atoms in total. The second-order valence-electron chi connectivity index (χ2n) is 5.04. The highest BCUT2D eigenvalue weighted by molar-refractivity contribution is 9.10. The predicted molar refractivity (Wildman–Crippen MR) is 104 cm³/mol. The van der Waals surface area contributed by atoms with Gasteiger partial charge in [0.05, 0.1) is 21.3 Å². The standard InChI is InChI=1S/C18H12BrCl2NO4/c1-10-11(4-2-5-12(10)19)18(25)26-16(24)9-8-15(23)22-14-7-3-6-13(20)17(14)21/h2-9H,1H3,(H,22,23)/b9-8-. The Labute approximate surface area is 168 Å². The fraction of sp³-hybridized carbons (Fsp3) is 0.0556. The van der Waals surface area contributed by atoms with Gasteiger partial charge in [0, 0.05) is 16.6 Å². The molecule has 0 unspecified atom stereocenters. The minimum Gasteiger partial charge on any atom is -0.386 e. The molecule has 0 radical (unpaired) electrons. The molecular weight excluding hydrogens is 445 g/mol. The lowest BCUT2D eigenvalue weighted by molar-refractivity contribution is -0.132. The van der Waals surface area contributed by atoms with Gasteiger partial charge in [0.15, 0.2) is 0 Å². The summed E-state index contributed by atoms with van der Waals surface area (Å²) in [6, 6.07) is 9.68. The van der Waals surface area contributed by atoms with Crippen LogP contribution in [0.3, 0.4) is 0 Å². The van der Waals surface area contributed by atoms with Gasteiger partial charge in [-0.1, -0.05) is 51.3 Å². The van der Waals surface area contributed by atoms with Gasteiger partial charge in [-0.15, -0.1) is 0 Å². The molecule has 0 aliphatic heterocycles. The van der Waals surface area contributed by atoms with Crippen LogP contribution < -0.4 is 5.32 Å². The minimum atomic E-state index is -0.971. The van der Waals surface area contributed by atoms with E-state index in [1.54, 1.807) is 37.3 Å². The third-order valence-corrected chi connectivity index (χ3v) is 4.94. The van der Waals surface area contributed by atoms with Crippen molar-refractivity contribution < 1.29 is 19.1 Å². The van der Waals surface area contributed by atoms with Gasteiger partial charge in [-0.25, -0.2) is 9.59 Å². The average molecular weight is 457 g/mol. The monoisotopic (exact) mass is 455 g/mol. The van der Waals surface area contributed by atoms with Crippen LogP contribution in [0.4, 0.5) is 5.69 Å². The van der Waals surface area contributed by atoms with E-state index in [1.807, 2.05) is 0 Å². The van der Waals surface area contributed by atoms with Crippen LogP contribution in [0.2, 0.25) is 10.0 Å². The molecule has 26 heavy (non-hydrogen) atoms.